The summed E-state index contributed by atoms with van der Waals surface area (Å²) < 4.78 is 10.7. The van der Waals surface area contributed by atoms with Crippen LogP contribution in [0.5, 0.6) is 11.6 Å². The summed E-state index contributed by atoms with van der Waals surface area (Å²) in [6, 6.07) is 4.75. The average molecular weight is 369 g/mol. The van der Waals surface area contributed by atoms with Crippen molar-refractivity contribution in [2.45, 2.75) is 6.92 Å². The first-order chi connectivity index (χ1) is 11.1. The summed E-state index contributed by atoms with van der Waals surface area (Å²) in [5, 5.41) is 3.04. The predicted molar refractivity (Wildman–Crippen MR) is 89.9 cm³/mol. The van der Waals surface area contributed by atoms with Crippen LogP contribution in [0.4, 0.5) is 0 Å². The minimum atomic E-state index is -0.495. The van der Waals surface area contributed by atoms with Gasteiger partial charge in [0.15, 0.2) is 5.75 Å². The summed E-state index contributed by atoms with van der Waals surface area (Å²) in [5.41, 5.74) is 0.262. The van der Waals surface area contributed by atoms with Crippen molar-refractivity contribution < 1.29 is 14.3 Å². The largest absolute Gasteiger partial charge is 0.462 e. The maximum Gasteiger partial charge on any atom is 0.338 e. The highest BCUT2D eigenvalue weighted by atomic mass is 35.5. The van der Waals surface area contributed by atoms with Crippen LogP contribution in [0.25, 0.3) is 10.2 Å². The van der Waals surface area contributed by atoms with E-state index in [2.05, 4.69) is 9.97 Å². The third-order valence-corrected chi connectivity index (χ3v) is 4.32. The number of fused-ring (bicyclic) bond motifs is 1. The van der Waals surface area contributed by atoms with E-state index >= 15 is 0 Å². The molecule has 118 valence electrons. The van der Waals surface area contributed by atoms with Gasteiger partial charge in [-0.3, -0.25) is 0 Å². The molecule has 0 aliphatic heterocycles. The molecule has 0 atom stereocenters. The molecule has 0 saturated carbocycles. The summed E-state index contributed by atoms with van der Waals surface area (Å²) in [6.07, 6.45) is 1.41. The molecule has 5 nitrogen and oxygen atoms in total. The van der Waals surface area contributed by atoms with Gasteiger partial charge in [0.25, 0.3) is 0 Å². The zero-order chi connectivity index (χ0) is 16.4. The molecule has 0 aliphatic rings. The zero-order valence-corrected chi connectivity index (χ0v) is 14.2. The third kappa shape index (κ3) is 3.24. The number of nitrogens with zero attached hydrogens (tertiary/aromatic N) is 2. The van der Waals surface area contributed by atoms with Crippen molar-refractivity contribution in [3.05, 3.63) is 45.5 Å². The van der Waals surface area contributed by atoms with Gasteiger partial charge in [-0.2, -0.15) is 0 Å². The second kappa shape index (κ2) is 6.70. The van der Waals surface area contributed by atoms with Crippen molar-refractivity contribution in [3.63, 3.8) is 0 Å². The van der Waals surface area contributed by atoms with Crippen LogP contribution in [0.15, 0.2) is 29.9 Å². The number of ether oxygens (including phenoxy) is 2. The van der Waals surface area contributed by atoms with E-state index in [1.807, 2.05) is 11.4 Å². The molecule has 0 fully saturated rings. The Balaban J connectivity index is 1.97. The van der Waals surface area contributed by atoms with Crippen molar-refractivity contribution in [1.29, 1.82) is 0 Å². The number of benzene rings is 1. The third-order valence-electron chi connectivity index (χ3n) is 2.93. The molecule has 0 saturated heterocycles. The first kappa shape index (κ1) is 16.0. The molecule has 3 aromatic rings. The fraction of sp³-hybridized carbons (Fsp3) is 0.133. The van der Waals surface area contributed by atoms with E-state index in [0.29, 0.717) is 5.88 Å². The normalized spacial score (nSPS) is 10.7. The van der Waals surface area contributed by atoms with Crippen LogP contribution < -0.4 is 4.74 Å². The molecule has 0 unspecified atom stereocenters. The second-order valence-corrected chi connectivity index (χ2v) is 6.12. The van der Waals surface area contributed by atoms with Gasteiger partial charge >= 0.3 is 5.97 Å². The summed E-state index contributed by atoms with van der Waals surface area (Å²) in [6.45, 7) is 1.99. The number of hydrogen-bond acceptors (Lipinski definition) is 6. The van der Waals surface area contributed by atoms with Crippen LogP contribution in [-0.2, 0) is 4.74 Å². The van der Waals surface area contributed by atoms with Crippen molar-refractivity contribution in [2.24, 2.45) is 0 Å². The molecule has 0 aliphatic carbocycles. The topological polar surface area (TPSA) is 61.3 Å². The van der Waals surface area contributed by atoms with Gasteiger partial charge < -0.3 is 9.47 Å². The molecule has 0 amide bonds. The Morgan fingerprint density at radius 2 is 2.00 bits per heavy atom. The van der Waals surface area contributed by atoms with E-state index < -0.39 is 5.97 Å². The average Bonchev–Trinajstić information content (AvgIpc) is 3.00. The Kier molecular flexibility index (Phi) is 4.66. The lowest BCUT2D eigenvalue weighted by molar-refractivity contribution is 0.0526. The molecule has 23 heavy (non-hydrogen) atoms. The smallest absolute Gasteiger partial charge is 0.338 e. The number of carbonyl (C=O) groups excluding carboxylic acids is 1. The van der Waals surface area contributed by atoms with Crippen LogP contribution in [-0.4, -0.2) is 22.5 Å². The second-order valence-electron chi connectivity index (χ2n) is 4.41. The lowest BCUT2D eigenvalue weighted by Crippen LogP contribution is -2.05. The van der Waals surface area contributed by atoms with E-state index in [0.717, 1.165) is 10.2 Å². The molecule has 0 radical (unpaired) electrons. The Hall–Kier alpha value is -1.89. The highest BCUT2D eigenvalue weighted by molar-refractivity contribution is 7.16. The summed E-state index contributed by atoms with van der Waals surface area (Å²) in [7, 11) is 0. The first-order valence-corrected chi connectivity index (χ1v) is 8.26. The SMILES string of the molecule is CCOC(=O)c1cc(Cl)c(Oc2ncnc3sccc23)c(Cl)c1. The van der Waals surface area contributed by atoms with Gasteiger partial charge in [0.1, 0.15) is 11.2 Å². The van der Waals surface area contributed by atoms with Crippen molar-refractivity contribution in [1.82, 2.24) is 9.97 Å². The van der Waals surface area contributed by atoms with Crippen molar-refractivity contribution in [3.8, 4) is 11.6 Å². The van der Waals surface area contributed by atoms with Crippen LogP contribution in [0.3, 0.4) is 0 Å². The van der Waals surface area contributed by atoms with Crippen molar-refractivity contribution in [2.75, 3.05) is 6.61 Å². The molecule has 8 heteroatoms. The molecule has 0 bridgehead atoms. The quantitative estimate of drug-likeness (QED) is 0.608. The predicted octanol–water partition coefficient (Wildman–Crippen LogP) is 4.97. The first-order valence-electron chi connectivity index (χ1n) is 6.62. The molecule has 1 aromatic carbocycles. The number of esters is 1. The molecule has 3 rings (SSSR count). The fourth-order valence-electron chi connectivity index (χ4n) is 1.93. The monoisotopic (exact) mass is 368 g/mol. The summed E-state index contributed by atoms with van der Waals surface area (Å²) >= 11 is 13.9. The van der Waals surface area contributed by atoms with Gasteiger partial charge in [0, 0.05) is 0 Å². The minimum absolute atomic E-state index is 0.197. The minimum Gasteiger partial charge on any atom is -0.462 e. The highest BCUT2D eigenvalue weighted by Crippen LogP contribution is 2.39. The highest BCUT2D eigenvalue weighted by Gasteiger charge is 2.17. The van der Waals surface area contributed by atoms with E-state index in [9.17, 15) is 4.79 Å². The molecule has 2 heterocycles. The molecular weight excluding hydrogens is 359 g/mol. The van der Waals surface area contributed by atoms with Crippen LogP contribution >= 0.6 is 34.5 Å². The van der Waals surface area contributed by atoms with E-state index in [1.165, 1.54) is 29.8 Å². The van der Waals surface area contributed by atoms with Gasteiger partial charge in [-0.1, -0.05) is 23.2 Å². The Labute approximate surface area is 145 Å². The zero-order valence-electron chi connectivity index (χ0n) is 11.9. The number of thiophene rings is 1. The standard InChI is InChI=1S/C15H10Cl2N2O3S/c1-2-21-15(20)8-5-10(16)12(11(17)6-8)22-13-9-3-4-23-14(9)19-7-18-13/h3-7H,2H2,1H3. The number of rotatable bonds is 4. The number of aromatic nitrogens is 2. The van der Waals surface area contributed by atoms with Crippen LogP contribution in [0.2, 0.25) is 10.0 Å². The van der Waals surface area contributed by atoms with E-state index in [4.69, 9.17) is 32.7 Å². The summed E-state index contributed by atoms with van der Waals surface area (Å²) in [5.74, 6) is 0.0848. The lowest BCUT2D eigenvalue weighted by atomic mass is 10.2. The number of halogens is 2. The van der Waals surface area contributed by atoms with Gasteiger partial charge in [-0.25, -0.2) is 14.8 Å². The molecular formula is C15H10Cl2N2O3S. The Morgan fingerprint density at radius 1 is 1.26 bits per heavy atom. The lowest BCUT2D eigenvalue weighted by Gasteiger charge is -2.11. The van der Waals surface area contributed by atoms with Crippen LogP contribution in [0, 0.1) is 0 Å². The Bertz CT molecular complexity index is 859. The fourth-order valence-corrected chi connectivity index (χ4v) is 3.22. The maximum atomic E-state index is 11.8. The van der Waals surface area contributed by atoms with E-state index in [-0.39, 0.29) is 28.0 Å². The molecule has 2 aromatic heterocycles. The van der Waals surface area contributed by atoms with Gasteiger partial charge in [0.2, 0.25) is 5.88 Å². The molecule has 0 N–H and O–H groups in total. The van der Waals surface area contributed by atoms with Gasteiger partial charge in [-0.15, -0.1) is 11.3 Å². The summed E-state index contributed by atoms with van der Waals surface area (Å²) in [4.78, 5) is 20.8. The van der Waals surface area contributed by atoms with E-state index in [1.54, 1.807) is 6.92 Å². The molecule has 0 spiro atoms. The number of hydrogen-bond donors (Lipinski definition) is 0. The van der Waals surface area contributed by atoms with Crippen LogP contribution in [0.1, 0.15) is 17.3 Å². The van der Waals surface area contributed by atoms with Crippen molar-refractivity contribution >= 4 is 50.7 Å². The van der Waals surface area contributed by atoms with Gasteiger partial charge in [0.05, 0.1) is 27.6 Å². The number of carbonyl (C=O) groups is 1. The maximum absolute atomic E-state index is 11.8. The Morgan fingerprint density at radius 3 is 2.70 bits per heavy atom. The van der Waals surface area contributed by atoms with Gasteiger partial charge in [-0.05, 0) is 30.5 Å².